The minimum Gasteiger partial charge on any atom is -0.465 e. The molecule has 1 aliphatic heterocycles. The van der Waals surface area contributed by atoms with Crippen LogP contribution >= 0.6 is 0 Å². The molecular weight excluding hydrogens is 432 g/mol. The Kier molecular flexibility index (Phi) is 10.4. The number of hydrogen-bond acceptors (Lipinski definition) is 5. The minimum absolute atomic E-state index is 0.0757. The zero-order valence-corrected chi connectivity index (χ0v) is 20.3. The quantitative estimate of drug-likeness (QED) is 0.371. The Labute approximate surface area is 202 Å². The second kappa shape index (κ2) is 13.7. The lowest BCUT2D eigenvalue weighted by Crippen LogP contribution is -2.51. The highest BCUT2D eigenvalue weighted by Gasteiger charge is 2.32. The number of nitrogens with zero attached hydrogens (tertiary/aromatic N) is 3. The van der Waals surface area contributed by atoms with Crippen molar-refractivity contribution in [2.24, 2.45) is 0 Å². The average molecular weight is 471 g/mol. The summed E-state index contributed by atoms with van der Waals surface area (Å²) in [6.07, 6.45) is 12.7. The van der Waals surface area contributed by atoms with E-state index in [-0.39, 0.29) is 12.5 Å². The van der Waals surface area contributed by atoms with E-state index in [9.17, 15) is 14.7 Å². The summed E-state index contributed by atoms with van der Waals surface area (Å²) in [4.78, 5) is 29.4. The van der Waals surface area contributed by atoms with Crippen LogP contribution in [0.3, 0.4) is 0 Å². The summed E-state index contributed by atoms with van der Waals surface area (Å²) >= 11 is 0. The molecule has 1 aliphatic rings. The monoisotopic (exact) mass is 470 g/mol. The van der Waals surface area contributed by atoms with E-state index in [0.29, 0.717) is 24.7 Å². The number of likely N-dealkylation sites (tertiary alicyclic amines) is 1. The highest BCUT2D eigenvalue weighted by molar-refractivity contribution is 5.85. The van der Waals surface area contributed by atoms with E-state index < -0.39 is 12.1 Å². The van der Waals surface area contributed by atoms with E-state index in [1.54, 1.807) is 0 Å². The number of aromatic nitrogens is 2. The molecule has 2 heterocycles. The molecule has 2 aromatic rings. The van der Waals surface area contributed by atoms with Crippen molar-refractivity contribution >= 4 is 12.0 Å². The minimum atomic E-state index is -1.06. The molecule has 0 bridgehead atoms. The van der Waals surface area contributed by atoms with Crippen molar-refractivity contribution < 1.29 is 19.2 Å². The van der Waals surface area contributed by atoms with E-state index in [1.807, 2.05) is 12.1 Å². The first kappa shape index (κ1) is 25.7. The summed E-state index contributed by atoms with van der Waals surface area (Å²) < 4.78 is 5.28. The molecule has 1 atom stereocenters. The van der Waals surface area contributed by atoms with Gasteiger partial charge in [0.05, 0.1) is 6.54 Å². The van der Waals surface area contributed by atoms with E-state index >= 15 is 0 Å². The molecule has 8 heteroatoms. The number of amides is 2. The van der Waals surface area contributed by atoms with Gasteiger partial charge in [-0.1, -0.05) is 81.3 Å². The lowest BCUT2D eigenvalue weighted by atomic mass is 10.0. The summed E-state index contributed by atoms with van der Waals surface area (Å²) in [5, 5.41) is 16.1. The topological polar surface area (TPSA) is 109 Å². The smallest absolute Gasteiger partial charge is 0.407 e. The Morgan fingerprint density at radius 3 is 2.47 bits per heavy atom. The zero-order chi connectivity index (χ0) is 24.2. The van der Waals surface area contributed by atoms with Crippen LogP contribution in [0.5, 0.6) is 0 Å². The SMILES string of the molecule is CCCCCCCCCCc1ccc(-c2noc(CNC(=O)[C@@H]3CCCCN3C(=O)O)n2)cc1. The number of benzene rings is 1. The highest BCUT2D eigenvalue weighted by Crippen LogP contribution is 2.19. The van der Waals surface area contributed by atoms with Crippen LogP contribution in [0, 0.1) is 0 Å². The normalized spacial score (nSPS) is 15.9. The van der Waals surface area contributed by atoms with Gasteiger partial charge in [0.15, 0.2) is 0 Å². The number of nitrogens with one attached hydrogen (secondary N) is 1. The summed E-state index contributed by atoms with van der Waals surface area (Å²) in [5.41, 5.74) is 2.17. The Bertz CT molecular complexity index is 896. The Hall–Kier alpha value is -2.90. The van der Waals surface area contributed by atoms with Gasteiger partial charge in [0.25, 0.3) is 0 Å². The largest absolute Gasteiger partial charge is 0.465 e. The van der Waals surface area contributed by atoms with Crippen molar-refractivity contribution in [2.45, 2.75) is 96.6 Å². The van der Waals surface area contributed by atoms with E-state index in [1.165, 1.54) is 61.8 Å². The van der Waals surface area contributed by atoms with Crippen molar-refractivity contribution in [3.05, 3.63) is 35.7 Å². The Morgan fingerprint density at radius 1 is 1.06 bits per heavy atom. The van der Waals surface area contributed by atoms with Gasteiger partial charge in [0.2, 0.25) is 17.6 Å². The number of piperidine rings is 1. The lowest BCUT2D eigenvalue weighted by molar-refractivity contribution is -0.127. The second-order valence-electron chi connectivity index (χ2n) is 9.14. The Morgan fingerprint density at radius 2 is 1.76 bits per heavy atom. The zero-order valence-electron chi connectivity index (χ0n) is 20.3. The van der Waals surface area contributed by atoms with Gasteiger partial charge in [-0.05, 0) is 37.7 Å². The van der Waals surface area contributed by atoms with Gasteiger partial charge >= 0.3 is 6.09 Å². The average Bonchev–Trinajstić information content (AvgIpc) is 3.33. The van der Waals surface area contributed by atoms with Crippen molar-refractivity contribution in [3.63, 3.8) is 0 Å². The molecule has 34 heavy (non-hydrogen) atoms. The van der Waals surface area contributed by atoms with Crippen LogP contribution in [-0.2, 0) is 17.8 Å². The number of carbonyl (C=O) groups excluding carboxylic acids is 1. The summed E-state index contributed by atoms with van der Waals surface area (Å²) in [7, 11) is 0. The van der Waals surface area contributed by atoms with Crippen LogP contribution in [0.2, 0.25) is 0 Å². The van der Waals surface area contributed by atoms with Crippen LogP contribution in [0.25, 0.3) is 11.4 Å². The molecule has 0 aliphatic carbocycles. The first-order valence-corrected chi connectivity index (χ1v) is 12.8. The first-order chi connectivity index (χ1) is 16.6. The number of carbonyl (C=O) groups is 2. The number of hydrogen-bond donors (Lipinski definition) is 2. The van der Waals surface area contributed by atoms with Gasteiger partial charge in [0.1, 0.15) is 6.04 Å². The van der Waals surface area contributed by atoms with E-state index in [2.05, 4.69) is 34.5 Å². The van der Waals surface area contributed by atoms with E-state index in [4.69, 9.17) is 4.52 Å². The highest BCUT2D eigenvalue weighted by atomic mass is 16.5. The van der Waals surface area contributed by atoms with Gasteiger partial charge in [-0.25, -0.2) is 4.79 Å². The molecule has 1 saturated heterocycles. The molecule has 1 fully saturated rings. The maximum absolute atomic E-state index is 12.5. The maximum Gasteiger partial charge on any atom is 0.407 e. The second-order valence-corrected chi connectivity index (χ2v) is 9.14. The van der Waals surface area contributed by atoms with Crippen molar-refractivity contribution in [3.8, 4) is 11.4 Å². The van der Waals surface area contributed by atoms with Gasteiger partial charge < -0.3 is 14.9 Å². The predicted octanol–water partition coefficient (Wildman–Crippen LogP) is 5.57. The van der Waals surface area contributed by atoms with Gasteiger partial charge in [-0.3, -0.25) is 9.69 Å². The summed E-state index contributed by atoms with van der Waals surface area (Å²) in [5.74, 6) is 0.448. The Balaban J connectivity index is 1.41. The van der Waals surface area contributed by atoms with E-state index in [0.717, 1.165) is 24.8 Å². The molecule has 0 saturated carbocycles. The van der Waals surface area contributed by atoms with Crippen molar-refractivity contribution in [1.82, 2.24) is 20.4 Å². The third-order valence-corrected chi connectivity index (χ3v) is 6.46. The molecule has 1 aromatic carbocycles. The fourth-order valence-electron chi connectivity index (χ4n) is 4.44. The van der Waals surface area contributed by atoms with Crippen LogP contribution in [-0.4, -0.2) is 44.7 Å². The van der Waals surface area contributed by atoms with Gasteiger partial charge in [0, 0.05) is 12.1 Å². The molecule has 3 rings (SSSR count). The molecule has 0 spiro atoms. The number of aryl methyl sites for hydroxylation is 1. The van der Waals surface area contributed by atoms with Gasteiger partial charge in [-0.15, -0.1) is 0 Å². The fraction of sp³-hybridized carbons (Fsp3) is 0.615. The summed E-state index contributed by atoms with van der Waals surface area (Å²) in [6.45, 7) is 2.71. The molecule has 1 aromatic heterocycles. The van der Waals surface area contributed by atoms with Crippen LogP contribution in [0.4, 0.5) is 4.79 Å². The molecule has 0 unspecified atom stereocenters. The summed E-state index contributed by atoms with van der Waals surface area (Å²) in [6, 6.07) is 7.55. The molecule has 186 valence electrons. The third-order valence-electron chi connectivity index (χ3n) is 6.46. The van der Waals surface area contributed by atoms with Crippen molar-refractivity contribution in [1.29, 1.82) is 0 Å². The molecule has 0 radical (unpaired) electrons. The fourth-order valence-corrected chi connectivity index (χ4v) is 4.44. The number of unbranched alkanes of at least 4 members (excludes halogenated alkanes) is 7. The predicted molar refractivity (Wildman–Crippen MR) is 130 cm³/mol. The van der Waals surface area contributed by atoms with Crippen LogP contribution in [0.1, 0.15) is 89.0 Å². The molecule has 8 nitrogen and oxygen atoms in total. The van der Waals surface area contributed by atoms with Crippen molar-refractivity contribution in [2.75, 3.05) is 6.54 Å². The van der Waals surface area contributed by atoms with Gasteiger partial charge in [-0.2, -0.15) is 4.98 Å². The number of rotatable bonds is 13. The molecule has 2 amide bonds. The number of carboxylic acid groups (broad SMARTS) is 1. The molecular formula is C26H38N4O4. The first-order valence-electron chi connectivity index (χ1n) is 12.8. The van der Waals surface area contributed by atoms with Crippen LogP contribution in [0.15, 0.2) is 28.8 Å². The maximum atomic E-state index is 12.5. The molecule has 2 N–H and O–H groups in total. The standard InChI is InChI=1S/C26H38N4O4/c1-2-3-4-5-6-7-8-9-12-20-14-16-21(17-15-20)24-28-23(34-29-24)19-27-25(31)22-13-10-11-18-30(22)26(32)33/h14-17,22H,2-13,18-19H2,1H3,(H,27,31)(H,32,33)/t22-/m0/s1. The lowest BCUT2D eigenvalue weighted by Gasteiger charge is -2.32. The third kappa shape index (κ3) is 7.85. The van der Waals surface area contributed by atoms with Crippen LogP contribution < -0.4 is 5.32 Å².